The molecule has 0 heterocycles. The molecule has 362 valence electrons. The smallest absolute Gasteiger partial charge is 0.387 e. The Hall–Kier alpha value is -1.02. The molecule has 8 nitrogen and oxygen atoms in total. The third kappa shape index (κ3) is 46.8. The van der Waals surface area contributed by atoms with Crippen LogP contribution in [0, 0.1) is 0 Å². The van der Waals surface area contributed by atoms with E-state index < -0.39 is 20.0 Å². The Morgan fingerprint density at radius 2 is 0.902 bits per heavy atom. The molecule has 3 unspecified atom stereocenters. The van der Waals surface area contributed by atoms with Gasteiger partial charge in [0.25, 0.3) is 0 Å². The third-order valence-electron chi connectivity index (χ3n) is 11.9. The largest absolute Gasteiger partial charge is 0.472 e. The van der Waals surface area contributed by atoms with Gasteiger partial charge in [0.1, 0.15) is 13.2 Å². The molecule has 0 rings (SSSR count). The van der Waals surface area contributed by atoms with E-state index in [0.29, 0.717) is 17.4 Å². The van der Waals surface area contributed by atoms with Crippen LogP contribution in [0.15, 0.2) is 24.3 Å². The zero-order valence-corrected chi connectivity index (χ0v) is 42.1. The van der Waals surface area contributed by atoms with Crippen molar-refractivity contribution in [3.63, 3.8) is 0 Å². The summed E-state index contributed by atoms with van der Waals surface area (Å²) in [4.78, 5) is 23.2. The number of phosphoric acid groups is 1. The van der Waals surface area contributed by atoms with Crippen molar-refractivity contribution in [1.82, 2.24) is 5.32 Å². The Balaban J connectivity index is 4.32. The number of likely N-dealkylation sites (N-methyl/N-ethyl adjacent to an activating group) is 1. The average molecular weight is 884 g/mol. The van der Waals surface area contributed by atoms with E-state index in [9.17, 15) is 19.4 Å². The number of unbranched alkanes of at least 4 members (excludes halogenated alkanes) is 33. The van der Waals surface area contributed by atoms with E-state index in [1.54, 1.807) is 6.08 Å². The molecule has 61 heavy (non-hydrogen) atoms. The summed E-state index contributed by atoms with van der Waals surface area (Å²) in [5, 5.41) is 13.9. The highest BCUT2D eigenvalue weighted by atomic mass is 31.2. The van der Waals surface area contributed by atoms with Crippen LogP contribution in [0.1, 0.15) is 251 Å². The van der Waals surface area contributed by atoms with Gasteiger partial charge in [0.05, 0.1) is 39.9 Å². The van der Waals surface area contributed by atoms with Crippen LogP contribution in [-0.4, -0.2) is 73.4 Å². The summed E-state index contributed by atoms with van der Waals surface area (Å²) in [6.07, 6.45) is 54.0. The van der Waals surface area contributed by atoms with Crippen molar-refractivity contribution in [3.8, 4) is 0 Å². The maximum Gasteiger partial charge on any atom is 0.472 e. The average Bonchev–Trinajstić information content (AvgIpc) is 3.21. The lowest BCUT2D eigenvalue weighted by Crippen LogP contribution is -2.45. The molecular weight excluding hydrogens is 780 g/mol. The number of quaternary nitrogens is 1. The molecule has 0 aromatic rings. The summed E-state index contributed by atoms with van der Waals surface area (Å²) in [5.41, 5.74) is 0. The predicted molar refractivity (Wildman–Crippen MR) is 263 cm³/mol. The number of rotatable bonds is 48. The second-order valence-corrected chi connectivity index (χ2v) is 20.7. The molecule has 0 aliphatic rings. The van der Waals surface area contributed by atoms with Crippen molar-refractivity contribution in [2.75, 3.05) is 40.9 Å². The van der Waals surface area contributed by atoms with Gasteiger partial charge in [-0.15, -0.1) is 0 Å². The van der Waals surface area contributed by atoms with Crippen LogP contribution >= 0.6 is 7.82 Å². The lowest BCUT2D eigenvalue weighted by molar-refractivity contribution is -0.870. The van der Waals surface area contributed by atoms with Crippen molar-refractivity contribution in [3.05, 3.63) is 24.3 Å². The van der Waals surface area contributed by atoms with Crippen molar-refractivity contribution in [1.29, 1.82) is 0 Å². The Kier molecular flexibility index (Phi) is 43.5. The van der Waals surface area contributed by atoms with Crippen molar-refractivity contribution >= 4 is 13.7 Å². The first-order chi connectivity index (χ1) is 29.5. The van der Waals surface area contributed by atoms with Gasteiger partial charge in [0.15, 0.2) is 0 Å². The molecule has 0 aliphatic carbocycles. The van der Waals surface area contributed by atoms with E-state index in [4.69, 9.17) is 9.05 Å². The minimum atomic E-state index is -4.35. The summed E-state index contributed by atoms with van der Waals surface area (Å²) in [6.45, 7) is 4.83. The maximum absolute atomic E-state index is 12.9. The zero-order chi connectivity index (χ0) is 45.0. The minimum absolute atomic E-state index is 0.0586. The second-order valence-electron chi connectivity index (χ2n) is 19.3. The van der Waals surface area contributed by atoms with E-state index in [1.807, 2.05) is 27.2 Å². The number of allylic oxidation sites excluding steroid dienone is 3. The third-order valence-corrected chi connectivity index (χ3v) is 12.9. The first kappa shape index (κ1) is 60.0. The number of amides is 1. The topological polar surface area (TPSA) is 105 Å². The second kappa shape index (κ2) is 44.2. The minimum Gasteiger partial charge on any atom is -0.387 e. The predicted octanol–water partition coefficient (Wildman–Crippen LogP) is 15.3. The van der Waals surface area contributed by atoms with E-state index in [0.717, 1.165) is 38.5 Å². The molecule has 0 saturated heterocycles. The van der Waals surface area contributed by atoms with Gasteiger partial charge in [0.2, 0.25) is 5.91 Å². The number of aliphatic hydroxyl groups is 1. The van der Waals surface area contributed by atoms with Gasteiger partial charge >= 0.3 is 7.82 Å². The first-order valence-corrected chi connectivity index (χ1v) is 27.7. The van der Waals surface area contributed by atoms with Gasteiger partial charge in [-0.1, -0.05) is 237 Å². The Bertz CT molecular complexity index is 1050. The molecule has 0 fully saturated rings. The van der Waals surface area contributed by atoms with Gasteiger partial charge in [0, 0.05) is 6.42 Å². The number of aliphatic hydroxyl groups excluding tert-OH is 1. The molecule has 0 spiro atoms. The van der Waals surface area contributed by atoms with Gasteiger partial charge in [-0.3, -0.25) is 13.8 Å². The lowest BCUT2D eigenvalue weighted by Gasteiger charge is -2.25. The highest BCUT2D eigenvalue weighted by Crippen LogP contribution is 2.43. The van der Waals surface area contributed by atoms with Crippen molar-refractivity contribution < 1.29 is 32.9 Å². The summed E-state index contributed by atoms with van der Waals surface area (Å²) in [7, 11) is 1.57. The molecule has 3 N–H and O–H groups in total. The van der Waals surface area contributed by atoms with Crippen LogP contribution in [0.5, 0.6) is 0 Å². The number of carbonyl (C=O) groups is 1. The molecule has 9 heteroatoms. The van der Waals surface area contributed by atoms with Crippen molar-refractivity contribution in [2.24, 2.45) is 0 Å². The monoisotopic (exact) mass is 884 g/mol. The number of carbonyl (C=O) groups excluding carboxylic acids is 1. The standard InChI is InChI=1S/C52H103N2O6P/c1-6-8-10-12-14-16-18-20-22-24-26-28-29-31-33-35-37-39-41-43-45-51(55)50(49-60-61(57,58)59-48-47-54(3,4)5)53-52(56)46-44-42-40-38-36-34-32-30-27-25-23-21-19-17-15-13-11-9-7-2/h35,37,43,45,50-51,55H,6-34,36,38-42,44,46-49H2,1-5H3,(H-,53,56,57,58)/p+1/b37-35+,45-43+. The number of hydrogen-bond acceptors (Lipinski definition) is 5. The van der Waals surface area contributed by atoms with E-state index >= 15 is 0 Å². The number of phosphoric ester groups is 1. The van der Waals surface area contributed by atoms with Crippen molar-refractivity contribution in [2.45, 2.75) is 264 Å². The summed E-state index contributed by atoms with van der Waals surface area (Å²) < 4.78 is 23.6. The number of hydrogen-bond donors (Lipinski definition) is 3. The van der Waals surface area contributed by atoms with Crippen LogP contribution in [0.2, 0.25) is 0 Å². The fraction of sp³-hybridized carbons (Fsp3) is 0.904. The molecule has 1 amide bonds. The van der Waals surface area contributed by atoms with Crippen LogP contribution in [-0.2, 0) is 18.4 Å². The van der Waals surface area contributed by atoms with Crippen LogP contribution in [0.3, 0.4) is 0 Å². The lowest BCUT2D eigenvalue weighted by atomic mass is 10.0. The molecule has 0 radical (unpaired) electrons. The summed E-state index contributed by atoms with van der Waals surface area (Å²) in [6, 6.07) is -0.859. The highest BCUT2D eigenvalue weighted by Gasteiger charge is 2.27. The summed E-state index contributed by atoms with van der Waals surface area (Å²) in [5.74, 6) is -0.182. The summed E-state index contributed by atoms with van der Waals surface area (Å²) >= 11 is 0. The van der Waals surface area contributed by atoms with Gasteiger partial charge in [-0.2, -0.15) is 0 Å². The van der Waals surface area contributed by atoms with Gasteiger partial charge in [-0.25, -0.2) is 4.57 Å². The molecule has 0 saturated carbocycles. The maximum atomic E-state index is 12.9. The quantitative estimate of drug-likeness (QED) is 0.0243. The van der Waals surface area contributed by atoms with Crippen LogP contribution in [0.25, 0.3) is 0 Å². The van der Waals surface area contributed by atoms with E-state index in [1.165, 1.54) is 193 Å². The number of nitrogens with one attached hydrogen (secondary N) is 1. The normalized spacial score (nSPS) is 14.3. The SMILES string of the molecule is CCCCCCCCCCCCCCCC/C=C/CC/C=C/C(O)C(COP(=O)(O)OCC[N+](C)(C)C)NC(=O)CCCCCCCCCCCCCCCCCCCCC. The molecule has 3 atom stereocenters. The Labute approximate surface area is 379 Å². The fourth-order valence-electron chi connectivity index (χ4n) is 7.77. The van der Waals surface area contributed by atoms with Gasteiger partial charge in [-0.05, 0) is 32.1 Å². The zero-order valence-electron chi connectivity index (χ0n) is 41.2. The first-order valence-electron chi connectivity index (χ1n) is 26.2. The molecular formula is C52H104N2O6P+. The molecule has 0 aromatic carbocycles. The highest BCUT2D eigenvalue weighted by molar-refractivity contribution is 7.47. The van der Waals surface area contributed by atoms with E-state index in [2.05, 4.69) is 31.3 Å². The van der Waals surface area contributed by atoms with Crippen LogP contribution < -0.4 is 5.32 Å². The Morgan fingerprint density at radius 3 is 1.31 bits per heavy atom. The van der Waals surface area contributed by atoms with Gasteiger partial charge < -0.3 is 19.8 Å². The molecule has 0 aromatic heterocycles. The van der Waals surface area contributed by atoms with Crippen LogP contribution in [0.4, 0.5) is 0 Å². The van der Waals surface area contributed by atoms with E-state index in [-0.39, 0.29) is 19.1 Å². The molecule has 0 aliphatic heterocycles. The molecule has 0 bridgehead atoms. The fourth-order valence-corrected chi connectivity index (χ4v) is 8.50. The Morgan fingerprint density at radius 1 is 0.541 bits per heavy atom. The number of nitrogens with zero attached hydrogens (tertiary/aromatic N) is 1.